The SMILES string of the molecule is CCCCOCCC1CCC(C2CCCN2[C@H](CO)c2ccccc2)CC1. The average molecular weight is 374 g/mol. The Balaban J connectivity index is 1.48. The molecular formula is C24H39NO2. The highest BCUT2D eigenvalue weighted by molar-refractivity contribution is 5.20. The molecule has 1 aliphatic carbocycles. The van der Waals surface area contributed by atoms with Crippen molar-refractivity contribution in [2.75, 3.05) is 26.4 Å². The van der Waals surface area contributed by atoms with Gasteiger partial charge in [0, 0.05) is 19.3 Å². The largest absolute Gasteiger partial charge is 0.394 e. The molecule has 27 heavy (non-hydrogen) atoms. The van der Waals surface area contributed by atoms with E-state index in [0.717, 1.165) is 31.6 Å². The van der Waals surface area contributed by atoms with Crippen LogP contribution in [0.1, 0.15) is 76.3 Å². The van der Waals surface area contributed by atoms with Crippen molar-refractivity contribution in [2.45, 2.75) is 76.8 Å². The van der Waals surface area contributed by atoms with Crippen molar-refractivity contribution >= 4 is 0 Å². The van der Waals surface area contributed by atoms with E-state index in [0.29, 0.717) is 6.04 Å². The predicted molar refractivity (Wildman–Crippen MR) is 112 cm³/mol. The van der Waals surface area contributed by atoms with Crippen molar-refractivity contribution in [3.8, 4) is 0 Å². The highest BCUT2D eigenvalue weighted by atomic mass is 16.5. The van der Waals surface area contributed by atoms with Gasteiger partial charge in [-0.1, -0.05) is 56.5 Å². The first kappa shape index (κ1) is 20.8. The Morgan fingerprint density at radius 1 is 1.07 bits per heavy atom. The Morgan fingerprint density at radius 2 is 1.85 bits per heavy atom. The summed E-state index contributed by atoms with van der Waals surface area (Å²) in [6.07, 6.45) is 11.7. The molecule has 0 aromatic heterocycles. The van der Waals surface area contributed by atoms with E-state index in [9.17, 15) is 5.11 Å². The van der Waals surface area contributed by atoms with Crippen LogP contribution in [0.3, 0.4) is 0 Å². The smallest absolute Gasteiger partial charge is 0.0628 e. The Hall–Kier alpha value is -0.900. The molecule has 1 N–H and O–H groups in total. The zero-order valence-corrected chi connectivity index (χ0v) is 17.2. The lowest BCUT2D eigenvalue weighted by Gasteiger charge is -2.40. The zero-order valence-electron chi connectivity index (χ0n) is 17.2. The molecular weight excluding hydrogens is 334 g/mol. The summed E-state index contributed by atoms with van der Waals surface area (Å²) in [6, 6.07) is 11.4. The van der Waals surface area contributed by atoms with Crippen LogP contribution in [0.4, 0.5) is 0 Å². The van der Waals surface area contributed by atoms with E-state index >= 15 is 0 Å². The molecule has 2 aliphatic rings. The number of unbranched alkanes of at least 4 members (excludes halogenated alkanes) is 1. The number of rotatable bonds is 10. The maximum atomic E-state index is 10.1. The molecule has 1 heterocycles. The summed E-state index contributed by atoms with van der Waals surface area (Å²) < 4.78 is 5.78. The second-order valence-electron chi connectivity index (χ2n) is 8.59. The van der Waals surface area contributed by atoms with Gasteiger partial charge >= 0.3 is 0 Å². The van der Waals surface area contributed by atoms with Crippen LogP contribution >= 0.6 is 0 Å². The minimum atomic E-state index is 0.170. The number of hydrogen-bond donors (Lipinski definition) is 1. The minimum absolute atomic E-state index is 0.170. The van der Waals surface area contributed by atoms with Crippen LogP contribution in [0.2, 0.25) is 0 Å². The van der Waals surface area contributed by atoms with Crippen LogP contribution in [0, 0.1) is 11.8 Å². The second-order valence-corrected chi connectivity index (χ2v) is 8.59. The molecule has 1 aromatic rings. The standard InChI is InChI=1S/C24H39NO2/c1-2-3-17-27-18-15-20-11-13-22(14-12-20)23-10-7-16-25(23)24(19-26)21-8-5-4-6-9-21/h4-6,8-9,20,22-24,26H,2-3,7,10-19H2,1H3/t20?,22?,23?,24-/m1/s1. The van der Waals surface area contributed by atoms with Gasteiger partial charge in [-0.3, -0.25) is 4.90 Å². The minimum Gasteiger partial charge on any atom is -0.394 e. The van der Waals surface area contributed by atoms with E-state index in [4.69, 9.17) is 4.74 Å². The summed E-state index contributed by atoms with van der Waals surface area (Å²) >= 11 is 0. The maximum Gasteiger partial charge on any atom is 0.0628 e. The van der Waals surface area contributed by atoms with Crippen LogP contribution in [0.25, 0.3) is 0 Å². The molecule has 0 radical (unpaired) electrons. The summed E-state index contributed by atoms with van der Waals surface area (Å²) in [6.45, 7) is 5.47. The highest BCUT2D eigenvalue weighted by Crippen LogP contribution is 2.40. The van der Waals surface area contributed by atoms with Gasteiger partial charge in [-0.15, -0.1) is 0 Å². The maximum absolute atomic E-state index is 10.1. The van der Waals surface area contributed by atoms with Crippen LogP contribution < -0.4 is 0 Å². The number of nitrogens with zero attached hydrogens (tertiary/aromatic N) is 1. The third kappa shape index (κ3) is 5.79. The average Bonchev–Trinajstić information content (AvgIpc) is 3.19. The monoisotopic (exact) mass is 373 g/mol. The second kappa shape index (κ2) is 11.2. The molecule has 3 rings (SSSR count). The number of benzene rings is 1. The molecule has 0 bridgehead atoms. The fourth-order valence-electron chi connectivity index (χ4n) is 5.25. The van der Waals surface area contributed by atoms with Gasteiger partial charge in [0.25, 0.3) is 0 Å². The Bertz CT molecular complexity index is 512. The molecule has 1 saturated heterocycles. The number of aliphatic hydroxyl groups excluding tert-OH is 1. The number of aliphatic hydroxyl groups is 1. The van der Waals surface area contributed by atoms with E-state index in [1.807, 2.05) is 0 Å². The van der Waals surface area contributed by atoms with Crippen LogP contribution in [-0.4, -0.2) is 42.4 Å². The van der Waals surface area contributed by atoms with Crippen molar-refractivity contribution in [1.82, 2.24) is 4.90 Å². The first-order valence-corrected chi connectivity index (χ1v) is 11.3. The lowest BCUT2D eigenvalue weighted by Crippen LogP contribution is -2.41. The summed E-state index contributed by atoms with van der Waals surface area (Å²) in [5.41, 5.74) is 1.27. The van der Waals surface area contributed by atoms with Crippen molar-refractivity contribution in [1.29, 1.82) is 0 Å². The number of likely N-dealkylation sites (tertiary alicyclic amines) is 1. The van der Waals surface area contributed by atoms with E-state index in [2.05, 4.69) is 42.2 Å². The van der Waals surface area contributed by atoms with E-state index in [1.54, 1.807) is 0 Å². The third-order valence-electron chi connectivity index (χ3n) is 6.85. The first-order chi connectivity index (χ1) is 13.3. The van der Waals surface area contributed by atoms with Gasteiger partial charge in [-0.25, -0.2) is 0 Å². The Morgan fingerprint density at radius 3 is 2.56 bits per heavy atom. The molecule has 3 nitrogen and oxygen atoms in total. The molecule has 2 atom stereocenters. The van der Waals surface area contributed by atoms with Gasteiger partial charge in [-0.05, 0) is 62.5 Å². The molecule has 1 saturated carbocycles. The van der Waals surface area contributed by atoms with Crippen molar-refractivity contribution in [3.05, 3.63) is 35.9 Å². The lowest BCUT2D eigenvalue weighted by atomic mass is 9.76. The molecule has 2 fully saturated rings. The predicted octanol–water partition coefficient (Wildman–Crippen LogP) is 5.20. The normalized spacial score (nSPS) is 27.7. The van der Waals surface area contributed by atoms with Gasteiger partial charge < -0.3 is 9.84 Å². The van der Waals surface area contributed by atoms with Crippen LogP contribution in [0.15, 0.2) is 30.3 Å². The Kier molecular flexibility index (Phi) is 8.63. The molecule has 1 aliphatic heterocycles. The van der Waals surface area contributed by atoms with Crippen molar-refractivity contribution < 1.29 is 9.84 Å². The molecule has 1 unspecified atom stereocenters. The van der Waals surface area contributed by atoms with Crippen molar-refractivity contribution in [3.63, 3.8) is 0 Å². The van der Waals surface area contributed by atoms with Gasteiger partial charge in [0.15, 0.2) is 0 Å². The highest BCUT2D eigenvalue weighted by Gasteiger charge is 2.37. The van der Waals surface area contributed by atoms with E-state index < -0.39 is 0 Å². The molecule has 0 amide bonds. The summed E-state index contributed by atoms with van der Waals surface area (Å²) in [4.78, 5) is 2.62. The van der Waals surface area contributed by atoms with Gasteiger partial charge in [0.1, 0.15) is 0 Å². The summed E-state index contributed by atoms with van der Waals surface area (Å²) in [5.74, 6) is 1.67. The molecule has 1 aromatic carbocycles. The van der Waals surface area contributed by atoms with Gasteiger partial charge in [-0.2, -0.15) is 0 Å². The fraction of sp³-hybridized carbons (Fsp3) is 0.750. The summed E-state index contributed by atoms with van der Waals surface area (Å²) in [5, 5.41) is 10.1. The molecule has 152 valence electrons. The van der Waals surface area contributed by atoms with Gasteiger partial charge in [0.05, 0.1) is 12.6 Å². The first-order valence-electron chi connectivity index (χ1n) is 11.3. The molecule has 3 heteroatoms. The van der Waals surface area contributed by atoms with E-state index in [1.165, 1.54) is 63.4 Å². The van der Waals surface area contributed by atoms with Crippen LogP contribution in [0.5, 0.6) is 0 Å². The number of hydrogen-bond acceptors (Lipinski definition) is 3. The zero-order chi connectivity index (χ0) is 18.9. The third-order valence-corrected chi connectivity index (χ3v) is 6.85. The summed E-state index contributed by atoms with van der Waals surface area (Å²) in [7, 11) is 0. The molecule has 0 spiro atoms. The van der Waals surface area contributed by atoms with Crippen LogP contribution in [-0.2, 0) is 4.74 Å². The van der Waals surface area contributed by atoms with Crippen molar-refractivity contribution in [2.24, 2.45) is 11.8 Å². The van der Waals surface area contributed by atoms with E-state index in [-0.39, 0.29) is 12.6 Å². The number of ether oxygens (including phenoxy) is 1. The topological polar surface area (TPSA) is 32.7 Å². The fourth-order valence-corrected chi connectivity index (χ4v) is 5.25. The van der Waals surface area contributed by atoms with Gasteiger partial charge in [0.2, 0.25) is 0 Å². The quantitative estimate of drug-likeness (QED) is 0.572. The Labute approximate surface area is 166 Å². The lowest BCUT2D eigenvalue weighted by molar-refractivity contribution is 0.0614.